The van der Waals surface area contributed by atoms with Crippen molar-refractivity contribution in [3.8, 4) is 11.1 Å². The average Bonchev–Trinajstić information content (AvgIpc) is 2.58. The molecule has 0 unspecified atom stereocenters. The molecule has 2 aromatic rings. The molecule has 0 aliphatic heterocycles. The summed E-state index contributed by atoms with van der Waals surface area (Å²) in [6, 6.07) is 10.5. The van der Waals surface area contributed by atoms with Gasteiger partial charge in [-0.25, -0.2) is 0 Å². The Morgan fingerprint density at radius 2 is 1.35 bits per heavy atom. The average molecular weight is 383 g/mol. The molecule has 0 amide bonds. The number of halogens is 2. The molecule has 1 aliphatic carbocycles. The van der Waals surface area contributed by atoms with E-state index >= 15 is 0 Å². The number of hydrogen-bond donors (Lipinski definition) is 0. The molecule has 1 aliphatic rings. The summed E-state index contributed by atoms with van der Waals surface area (Å²) in [5.41, 5.74) is 11.0. The van der Waals surface area contributed by atoms with Crippen LogP contribution in [0.25, 0.3) is 11.1 Å². The number of benzene rings is 2. The molecule has 1 radical (unpaired) electrons. The molecule has 0 saturated carbocycles. The first-order chi connectivity index (χ1) is 8.06. The van der Waals surface area contributed by atoms with Gasteiger partial charge >= 0.3 is 26.2 Å². The van der Waals surface area contributed by atoms with Crippen LogP contribution in [0.4, 0.5) is 0 Å². The first-order valence-corrected chi connectivity index (χ1v) is 6.19. The fourth-order valence-corrected chi connectivity index (χ4v) is 2.65. The zero-order valence-corrected chi connectivity index (χ0v) is 16.2. The molecular formula is C17H17Cl2Zr. The van der Waals surface area contributed by atoms with E-state index in [0.717, 1.165) is 6.42 Å². The summed E-state index contributed by atoms with van der Waals surface area (Å²) in [5.74, 6) is 0. The van der Waals surface area contributed by atoms with E-state index in [0.29, 0.717) is 0 Å². The summed E-state index contributed by atoms with van der Waals surface area (Å²) in [6.07, 6.45) is 1.05. The molecule has 0 fully saturated rings. The van der Waals surface area contributed by atoms with Crippen LogP contribution >= 0.6 is 0 Å². The van der Waals surface area contributed by atoms with Crippen LogP contribution in [0.15, 0.2) is 18.2 Å². The molecule has 0 heterocycles. The normalized spacial score (nSPS) is 10.6. The first-order valence-electron chi connectivity index (χ1n) is 6.19. The summed E-state index contributed by atoms with van der Waals surface area (Å²) in [5, 5.41) is 0. The second-order valence-electron chi connectivity index (χ2n) is 5.24. The molecule has 0 bridgehead atoms. The van der Waals surface area contributed by atoms with Crippen LogP contribution in [-0.4, -0.2) is 0 Å². The summed E-state index contributed by atoms with van der Waals surface area (Å²) in [6.45, 7) is 8.71. The van der Waals surface area contributed by atoms with Crippen LogP contribution in [0.1, 0.15) is 33.4 Å². The largest absolute Gasteiger partial charge is 3.00 e. The van der Waals surface area contributed by atoms with E-state index < -0.39 is 0 Å². The monoisotopic (exact) mass is 381 g/mol. The molecular weight excluding hydrogens is 366 g/mol. The maximum atomic E-state index is 3.54. The van der Waals surface area contributed by atoms with Crippen molar-refractivity contribution >= 4 is 0 Å². The van der Waals surface area contributed by atoms with Crippen molar-refractivity contribution in [2.24, 2.45) is 0 Å². The summed E-state index contributed by atoms with van der Waals surface area (Å²) < 4.78 is 0. The fraction of sp³-hybridized carbons (Fsp3) is 0.294. The van der Waals surface area contributed by atoms with Crippen LogP contribution in [0.3, 0.4) is 0 Å². The van der Waals surface area contributed by atoms with Crippen molar-refractivity contribution in [3.05, 3.63) is 57.6 Å². The molecule has 20 heavy (non-hydrogen) atoms. The molecule has 3 heteroatoms. The van der Waals surface area contributed by atoms with Crippen molar-refractivity contribution in [2.45, 2.75) is 34.1 Å². The maximum Gasteiger partial charge on any atom is 3.00 e. The van der Waals surface area contributed by atoms with Crippen molar-refractivity contribution in [1.29, 1.82) is 0 Å². The Balaban J connectivity index is 0.00000120. The number of rotatable bonds is 0. The molecule has 0 spiro atoms. The van der Waals surface area contributed by atoms with Gasteiger partial charge in [0, 0.05) is 0 Å². The zero-order valence-electron chi connectivity index (χ0n) is 12.2. The Hall–Kier alpha value is -0.0969. The standard InChI is InChI=1S/C17H17.2ClH.Zr/c1-10-5-14-9-15-6-11(2)13(4)8-17(15)16(14)7-12(10)3;;;/h5,7-8H,9H2,1-4H3;2*1H;/q-1;;;+3/p-2. The molecule has 2 aromatic carbocycles. The molecule has 0 atom stereocenters. The third-order valence-electron chi connectivity index (χ3n) is 3.99. The van der Waals surface area contributed by atoms with Crippen molar-refractivity contribution in [1.82, 2.24) is 0 Å². The van der Waals surface area contributed by atoms with Gasteiger partial charge in [0.2, 0.25) is 0 Å². The Kier molecular flexibility index (Phi) is 7.22. The van der Waals surface area contributed by atoms with E-state index in [-0.39, 0.29) is 51.0 Å². The van der Waals surface area contributed by atoms with Gasteiger partial charge in [0.25, 0.3) is 0 Å². The maximum absolute atomic E-state index is 3.54. The third kappa shape index (κ3) is 3.21. The van der Waals surface area contributed by atoms with Gasteiger partial charge in [-0.05, 0) is 37.0 Å². The predicted octanol–water partition coefficient (Wildman–Crippen LogP) is -1.70. The van der Waals surface area contributed by atoms with E-state index in [1.165, 1.54) is 44.5 Å². The van der Waals surface area contributed by atoms with Gasteiger partial charge in [-0.15, -0.1) is 11.1 Å². The summed E-state index contributed by atoms with van der Waals surface area (Å²) in [4.78, 5) is 0. The van der Waals surface area contributed by atoms with E-state index in [1.807, 2.05) is 0 Å². The zero-order chi connectivity index (χ0) is 12.2. The van der Waals surface area contributed by atoms with Gasteiger partial charge in [0.1, 0.15) is 0 Å². The van der Waals surface area contributed by atoms with Gasteiger partial charge < -0.3 is 24.8 Å². The van der Waals surface area contributed by atoms with Gasteiger partial charge in [-0.3, -0.25) is 0 Å². The first kappa shape index (κ1) is 19.9. The molecule has 0 N–H and O–H groups in total. The predicted molar refractivity (Wildman–Crippen MR) is 72.5 cm³/mol. The number of fused-ring (bicyclic) bond motifs is 3. The smallest absolute Gasteiger partial charge is 1.00 e. The van der Waals surface area contributed by atoms with Crippen LogP contribution in [0.2, 0.25) is 0 Å². The number of aryl methyl sites for hydroxylation is 4. The molecule has 3 rings (SSSR count). The Bertz CT molecular complexity index is 578. The third-order valence-corrected chi connectivity index (χ3v) is 3.99. The minimum absolute atomic E-state index is 0. The second-order valence-corrected chi connectivity index (χ2v) is 5.24. The Morgan fingerprint density at radius 3 is 2.00 bits per heavy atom. The molecule has 103 valence electrons. The van der Waals surface area contributed by atoms with Gasteiger partial charge in [-0.2, -0.15) is 23.3 Å². The minimum atomic E-state index is 0. The fourth-order valence-electron chi connectivity index (χ4n) is 2.65. The quantitative estimate of drug-likeness (QED) is 0.406. The van der Waals surface area contributed by atoms with E-state index in [9.17, 15) is 0 Å². The molecule has 0 aromatic heterocycles. The van der Waals surface area contributed by atoms with E-state index in [1.54, 1.807) is 0 Å². The van der Waals surface area contributed by atoms with Crippen LogP contribution in [0, 0.1) is 33.8 Å². The van der Waals surface area contributed by atoms with E-state index in [2.05, 4.69) is 52.0 Å². The summed E-state index contributed by atoms with van der Waals surface area (Å²) in [7, 11) is 0. The minimum Gasteiger partial charge on any atom is -1.00 e. The number of hydrogen-bond acceptors (Lipinski definition) is 0. The topological polar surface area (TPSA) is 0 Å². The van der Waals surface area contributed by atoms with E-state index in [4.69, 9.17) is 0 Å². The van der Waals surface area contributed by atoms with Crippen LogP contribution in [0.5, 0.6) is 0 Å². The van der Waals surface area contributed by atoms with Gasteiger partial charge in [0.05, 0.1) is 0 Å². The Morgan fingerprint density at radius 1 is 0.800 bits per heavy atom. The van der Waals surface area contributed by atoms with Crippen LogP contribution in [-0.2, 0) is 32.6 Å². The van der Waals surface area contributed by atoms with Gasteiger partial charge in [0.15, 0.2) is 0 Å². The van der Waals surface area contributed by atoms with Crippen LogP contribution < -0.4 is 24.8 Å². The Labute approximate surface area is 153 Å². The van der Waals surface area contributed by atoms with Gasteiger partial charge in [-0.1, -0.05) is 31.5 Å². The summed E-state index contributed by atoms with van der Waals surface area (Å²) >= 11 is 0. The molecule has 0 saturated heterocycles. The van der Waals surface area contributed by atoms with Crippen molar-refractivity contribution in [2.75, 3.05) is 0 Å². The SMILES string of the molecule is Cc1[c-]c2c(cc1C)-c1cc(C)c(C)cc1C2.[Cl-].[Cl-].[Zr+3]. The van der Waals surface area contributed by atoms with Crippen molar-refractivity contribution < 1.29 is 51.0 Å². The van der Waals surface area contributed by atoms with Crippen molar-refractivity contribution in [3.63, 3.8) is 0 Å². The molecule has 0 nitrogen and oxygen atoms in total. The second kappa shape index (κ2) is 7.25.